The van der Waals surface area contributed by atoms with E-state index in [2.05, 4.69) is 5.32 Å². The molecule has 1 aliphatic rings. The molecular formula is C24H18Cl2N2O2. The first kappa shape index (κ1) is 20.2. The van der Waals surface area contributed by atoms with Crippen molar-refractivity contribution in [1.82, 2.24) is 0 Å². The van der Waals surface area contributed by atoms with Crippen LogP contribution in [0.4, 0.5) is 11.4 Å². The largest absolute Gasteiger partial charge is 0.350 e. The third-order valence-corrected chi connectivity index (χ3v) is 5.42. The zero-order chi connectivity index (χ0) is 21.4. The molecule has 0 saturated heterocycles. The fourth-order valence-electron chi connectivity index (χ4n) is 3.40. The van der Waals surface area contributed by atoms with Gasteiger partial charge in [-0.3, -0.25) is 9.59 Å². The molecule has 4 rings (SSSR count). The van der Waals surface area contributed by atoms with Crippen molar-refractivity contribution in [1.29, 1.82) is 0 Å². The Hall–Kier alpha value is -3.08. The van der Waals surface area contributed by atoms with Gasteiger partial charge >= 0.3 is 0 Å². The van der Waals surface area contributed by atoms with Crippen LogP contribution >= 0.6 is 23.2 Å². The summed E-state index contributed by atoms with van der Waals surface area (Å²) in [5.41, 5.74) is 4.18. The van der Waals surface area contributed by atoms with Crippen LogP contribution in [0.2, 0.25) is 10.0 Å². The van der Waals surface area contributed by atoms with Crippen molar-refractivity contribution < 1.29 is 9.59 Å². The number of amides is 2. The lowest BCUT2D eigenvalue weighted by Crippen LogP contribution is -2.33. The van der Waals surface area contributed by atoms with Crippen LogP contribution in [0.25, 0.3) is 5.57 Å². The highest BCUT2D eigenvalue weighted by atomic mass is 35.5. The molecule has 0 saturated carbocycles. The standard InChI is InChI=1S/C24H18Cl2N2O2/c1-14-3-10-19(11-4-14)27-22-21(16-5-7-17(25)8-6-16)23(29)28(24(22)30)20-12-9-18(26)13-15(20)2/h3-13,27H,1-2H3. The van der Waals surface area contributed by atoms with Crippen molar-refractivity contribution in [3.8, 4) is 0 Å². The average Bonchev–Trinajstić information content (AvgIpc) is 2.95. The minimum absolute atomic E-state index is 0.223. The maximum absolute atomic E-state index is 13.4. The van der Waals surface area contributed by atoms with Crippen LogP contribution in [0.1, 0.15) is 16.7 Å². The first-order chi connectivity index (χ1) is 14.3. The van der Waals surface area contributed by atoms with E-state index in [-0.39, 0.29) is 5.70 Å². The topological polar surface area (TPSA) is 49.4 Å². The summed E-state index contributed by atoms with van der Waals surface area (Å²) in [4.78, 5) is 28.0. The third-order valence-electron chi connectivity index (χ3n) is 4.94. The van der Waals surface area contributed by atoms with Crippen LogP contribution in [0, 0.1) is 13.8 Å². The van der Waals surface area contributed by atoms with Crippen LogP contribution in [-0.2, 0) is 9.59 Å². The van der Waals surface area contributed by atoms with Crippen molar-refractivity contribution in [3.63, 3.8) is 0 Å². The number of hydrogen-bond donors (Lipinski definition) is 1. The molecule has 3 aromatic rings. The first-order valence-corrected chi connectivity index (χ1v) is 10.1. The number of benzene rings is 3. The van der Waals surface area contributed by atoms with Crippen LogP contribution < -0.4 is 10.2 Å². The molecule has 0 atom stereocenters. The second kappa shape index (κ2) is 7.98. The van der Waals surface area contributed by atoms with E-state index >= 15 is 0 Å². The molecule has 0 radical (unpaired) electrons. The Morgan fingerprint density at radius 2 is 1.40 bits per heavy atom. The predicted molar refractivity (Wildman–Crippen MR) is 122 cm³/mol. The zero-order valence-corrected chi connectivity index (χ0v) is 17.9. The van der Waals surface area contributed by atoms with Crippen LogP contribution in [0.3, 0.4) is 0 Å². The number of carbonyl (C=O) groups excluding carboxylic acids is 2. The van der Waals surface area contributed by atoms with E-state index in [1.54, 1.807) is 42.5 Å². The van der Waals surface area contributed by atoms with E-state index in [9.17, 15) is 9.59 Å². The van der Waals surface area contributed by atoms with Crippen molar-refractivity contribution in [2.45, 2.75) is 13.8 Å². The number of halogens is 2. The van der Waals surface area contributed by atoms with Gasteiger partial charge in [-0.2, -0.15) is 0 Å². The lowest BCUT2D eigenvalue weighted by atomic mass is 10.0. The molecule has 1 aliphatic heterocycles. The van der Waals surface area contributed by atoms with Gasteiger partial charge in [0, 0.05) is 15.7 Å². The normalized spacial score (nSPS) is 13.9. The Morgan fingerprint density at radius 1 is 0.767 bits per heavy atom. The highest BCUT2D eigenvalue weighted by Crippen LogP contribution is 2.36. The predicted octanol–water partition coefficient (Wildman–Crippen LogP) is 6.01. The summed E-state index contributed by atoms with van der Waals surface area (Å²) in [5.74, 6) is -0.821. The maximum atomic E-state index is 13.4. The Morgan fingerprint density at radius 3 is 2.03 bits per heavy atom. The molecule has 0 spiro atoms. The molecular weight excluding hydrogens is 419 g/mol. The summed E-state index contributed by atoms with van der Waals surface area (Å²) in [7, 11) is 0. The smallest absolute Gasteiger partial charge is 0.282 e. The van der Waals surface area contributed by atoms with E-state index in [0.717, 1.165) is 16.8 Å². The molecule has 2 amide bonds. The Balaban J connectivity index is 1.83. The molecule has 1 heterocycles. The fraction of sp³-hybridized carbons (Fsp3) is 0.0833. The first-order valence-electron chi connectivity index (χ1n) is 9.34. The number of anilines is 2. The highest BCUT2D eigenvalue weighted by Gasteiger charge is 2.40. The van der Waals surface area contributed by atoms with Crippen LogP contribution in [-0.4, -0.2) is 11.8 Å². The van der Waals surface area contributed by atoms with Gasteiger partial charge in [0.1, 0.15) is 5.70 Å². The number of carbonyl (C=O) groups is 2. The summed E-state index contributed by atoms with van der Waals surface area (Å²) >= 11 is 12.1. The molecule has 0 fully saturated rings. The van der Waals surface area contributed by atoms with E-state index in [1.807, 2.05) is 38.1 Å². The monoisotopic (exact) mass is 436 g/mol. The summed E-state index contributed by atoms with van der Waals surface area (Å²) in [6, 6.07) is 19.6. The van der Waals surface area contributed by atoms with Gasteiger partial charge in [-0.1, -0.05) is 53.0 Å². The molecule has 0 aliphatic carbocycles. The summed E-state index contributed by atoms with van der Waals surface area (Å²) < 4.78 is 0. The molecule has 150 valence electrons. The molecule has 30 heavy (non-hydrogen) atoms. The summed E-state index contributed by atoms with van der Waals surface area (Å²) in [6.45, 7) is 3.80. The quantitative estimate of drug-likeness (QED) is 0.509. The Bertz CT molecular complexity index is 1180. The molecule has 0 unspecified atom stereocenters. The molecule has 0 aromatic heterocycles. The number of imide groups is 1. The number of nitrogens with one attached hydrogen (secondary N) is 1. The average molecular weight is 437 g/mol. The van der Waals surface area contributed by atoms with Crippen LogP contribution in [0.15, 0.2) is 72.4 Å². The van der Waals surface area contributed by atoms with Crippen molar-refractivity contribution >= 4 is 52.0 Å². The number of hydrogen-bond acceptors (Lipinski definition) is 3. The van der Waals surface area contributed by atoms with Gasteiger partial charge in [-0.05, 0) is 67.4 Å². The minimum atomic E-state index is -0.420. The Labute approximate surface area is 184 Å². The van der Waals surface area contributed by atoms with Gasteiger partial charge in [-0.15, -0.1) is 0 Å². The van der Waals surface area contributed by atoms with E-state index in [1.165, 1.54) is 4.90 Å². The highest BCUT2D eigenvalue weighted by molar-refractivity contribution is 6.46. The fourth-order valence-corrected chi connectivity index (χ4v) is 3.75. The van der Waals surface area contributed by atoms with Gasteiger partial charge < -0.3 is 5.32 Å². The molecule has 1 N–H and O–H groups in total. The van der Waals surface area contributed by atoms with Crippen molar-refractivity contribution in [3.05, 3.63) is 99.2 Å². The SMILES string of the molecule is Cc1ccc(NC2=C(c3ccc(Cl)cc3)C(=O)N(c3ccc(Cl)cc3C)C2=O)cc1. The van der Waals surface area contributed by atoms with Crippen molar-refractivity contribution in [2.75, 3.05) is 10.2 Å². The lowest BCUT2D eigenvalue weighted by molar-refractivity contribution is -0.120. The lowest BCUT2D eigenvalue weighted by Gasteiger charge is -2.18. The number of rotatable bonds is 4. The maximum Gasteiger partial charge on any atom is 0.282 e. The second-order valence-corrected chi connectivity index (χ2v) is 8.00. The van der Waals surface area contributed by atoms with Gasteiger partial charge in [0.15, 0.2) is 0 Å². The van der Waals surface area contributed by atoms with E-state index < -0.39 is 11.8 Å². The Kier molecular flexibility index (Phi) is 5.37. The summed E-state index contributed by atoms with van der Waals surface area (Å²) in [6.07, 6.45) is 0. The van der Waals surface area contributed by atoms with Gasteiger partial charge in [0.2, 0.25) is 0 Å². The minimum Gasteiger partial charge on any atom is -0.350 e. The second-order valence-electron chi connectivity index (χ2n) is 7.12. The van der Waals surface area contributed by atoms with Crippen molar-refractivity contribution in [2.24, 2.45) is 0 Å². The number of nitrogens with zero attached hydrogens (tertiary/aromatic N) is 1. The van der Waals surface area contributed by atoms with Gasteiger partial charge in [0.05, 0.1) is 11.3 Å². The molecule has 4 nitrogen and oxygen atoms in total. The van der Waals surface area contributed by atoms with Gasteiger partial charge in [0.25, 0.3) is 11.8 Å². The van der Waals surface area contributed by atoms with Gasteiger partial charge in [-0.25, -0.2) is 4.90 Å². The summed E-state index contributed by atoms with van der Waals surface area (Å²) in [5, 5.41) is 4.24. The zero-order valence-electron chi connectivity index (χ0n) is 16.4. The van der Waals surface area contributed by atoms with Crippen LogP contribution in [0.5, 0.6) is 0 Å². The van der Waals surface area contributed by atoms with E-state index in [0.29, 0.717) is 26.9 Å². The molecule has 0 bridgehead atoms. The number of aryl methyl sites for hydroxylation is 2. The molecule has 3 aromatic carbocycles. The van der Waals surface area contributed by atoms with E-state index in [4.69, 9.17) is 23.2 Å². The third kappa shape index (κ3) is 3.72. The molecule has 6 heteroatoms.